The lowest BCUT2D eigenvalue weighted by molar-refractivity contribution is -0.134. The van der Waals surface area contributed by atoms with Gasteiger partial charge in [-0.15, -0.1) is 0 Å². The zero-order chi connectivity index (χ0) is 11.9. The molecule has 0 amide bonds. The van der Waals surface area contributed by atoms with Gasteiger partial charge >= 0.3 is 0 Å². The van der Waals surface area contributed by atoms with Crippen molar-refractivity contribution in [1.29, 1.82) is 0 Å². The van der Waals surface area contributed by atoms with Gasteiger partial charge < -0.3 is 19.9 Å². The van der Waals surface area contributed by atoms with Gasteiger partial charge in [0.15, 0.2) is 6.29 Å². The van der Waals surface area contributed by atoms with E-state index in [0.717, 1.165) is 25.7 Å². The van der Waals surface area contributed by atoms with Gasteiger partial charge in [0.2, 0.25) is 0 Å². The van der Waals surface area contributed by atoms with Crippen LogP contribution in [0.15, 0.2) is 0 Å². The van der Waals surface area contributed by atoms with Gasteiger partial charge in [-0.1, -0.05) is 12.8 Å². The van der Waals surface area contributed by atoms with Crippen molar-refractivity contribution in [3.8, 4) is 0 Å². The quantitative estimate of drug-likeness (QED) is 0.618. The van der Waals surface area contributed by atoms with Crippen molar-refractivity contribution < 1.29 is 14.6 Å². The van der Waals surface area contributed by atoms with Crippen LogP contribution in [-0.4, -0.2) is 43.3 Å². The lowest BCUT2D eigenvalue weighted by Gasteiger charge is -2.24. The second-order valence-corrected chi connectivity index (χ2v) is 4.40. The Morgan fingerprint density at radius 3 is 2.25 bits per heavy atom. The molecule has 0 aromatic heterocycles. The molecule has 0 heterocycles. The van der Waals surface area contributed by atoms with Gasteiger partial charge in [-0.2, -0.15) is 0 Å². The van der Waals surface area contributed by atoms with Crippen molar-refractivity contribution in [3.63, 3.8) is 0 Å². The summed E-state index contributed by atoms with van der Waals surface area (Å²) in [6, 6.07) is 0. The van der Waals surface area contributed by atoms with Gasteiger partial charge in [-0.05, 0) is 26.7 Å². The fourth-order valence-corrected chi connectivity index (χ4v) is 2.17. The van der Waals surface area contributed by atoms with Crippen LogP contribution in [0.4, 0.5) is 0 Å². The number of aliphatic hydroxyl groups is 1. The summed E-state index contributed by atoms with van der Waals surface area (Å²) >= 11 is 0. The van der Waals surface area contributed by atoms with Crippen LogP contribution in [0.5, 0.6) is 0 Å². The Morgan fingerprint density at radius 1 is 1.19 bits per heavy atom. The van der Waals surface area contributed by atoms with E-state index in [-0.39, 0.29) is 6.29 Å². The summed E-state index contributed by atoms with van der Waals surface area (Å²) in [5.74, 6) is 0. The van der Waals surface area contributed by atoms with E-state index in [1.54, 1.807) is 0 Å². The van der Waals surface area contributed by atoms with E-state index in [9.17, 15) is 5.11 Å². The molecule has 0 aliphatic heterocycles. The summed E-state index contributed by atoms with van der Waals surface area (Å²) in [7, 11) is 0. The molecular formula is C12H25NO3. The molecule has 0 aromatic carbocycles. The number of rotatable bonds is 8. The van der Waals surface area contributed by atoms with Crippen molar-refractivity contribution in [2.75, 3.05) is 26.3 Å². The molecule has 16 heavy (non-hydrogen) atoms. The standard InChI is InChI=1S/C12H25NO3/c1-3-15-11(16-4-2)9-13-10-12(14)7-5-6-8-12/h11,13-14H,3-10H2,1-2H3. The van der Waals surface area contributed by atoms with Gasteiger partial charge in [-0.3, -0.25) is 0 Å². The lowest BCUT2D eigenvalue weighted by Crippen LogP contribution is -2.42. The van der Waals surface area contributed by atoms with E-state index in [2.05, 4.69) is 5.32 Å². The highest BCUT2D eigenvalue weighted by Gasteiger charge is 2.30. The van der Waals surface area contributed by atoms with Crippen LogP contribution in [0.1, 0.15) is 39.5 Å². The van der Waals surface area contributed by atoms with Crippen molar-refractivity contribution in [3.05, 3.63) is 0 Å². The summed E-state index contributed by atoms with van der Waals surface area (Å²) in [5.41, 5.74) is -0.497. The van der Waals surface area contributed by atoms with Crippen LogP contribution < -0.4 is 5.32 Å². The lowest BCUT2D eigenvalue weighted by atomic mass is 10.0. The highest BCUT2D eigenvalue weighted by Crippen LogP contribution is 2.28. The van der Waals surface area contributed by atoms with Gasteiger partial charge in [0.05, 0.1) is 5.60 Å². The van der Waals surface area contributed by atoms with Crippen LogP contribution in [0.25, 0.3) is 0 Å². The monoisotopic (exact) mass is 231 g/mol. The normalized spacial score (nSPS) is 19.5. The molecule has 1 aliphatic carbocycles. The summed E-state index contributed by atoms with van der Waals surface area (Å²) < 4.78 is 10.8. The minimum atomic E-state index is -0.497. The second kappa shape index (κ2) is 7.22. The second-order valence-electron chi connectivity index (χ2n) is 4.40. The highest BCUT2D eigenvalue weighted by molar-refractivity contribution is 4.86. The average Bonchev–Trinajstić information content (AvgIpc) is 2.66. The van der Waals surface area contributed by atoms with Crippen molar-refractivity contribution in [2.24, 2.45) is 0 Å². The molecule has 1 saturated carbocycles. The Balaban J connectivity index is 2.16. The van der Waals surface area contributed by atoms with Crippen molar-refractivity contribution >= 4 is 0 Å². The van der Waals surface area contributed by atoms with Gasteiger partial charge in [-0.25, -0.2) is 0 Å². The van der Waals surface area contributed by atoms with E-state index in [4.69, 9.17) is 9.47 Å². The summed E-state index contributed by atoms with van der Waals surface area (Å²) in [6.07, 6.45) is 3.90. The van der Waals surface area contributed by atoms with Crippen LogP contribution in [-0.2, 0) is 9.47 Å². The molecule has 1 fully saturated rings. The van der Waals surface area contributed by atoms with Crippen LogP contribution in [0, 0.1) is 0 Å². The Morgan fingerprint density at radius 2 is 1.75 bits per heavy atom. The first kappa shape index (κ1) is 13.9. The Hall–Kier alpha value is -0.160. The summed E-state index contributed by atoms with van der Waals surface area (Å²) in [4.78, 5) is 0. The maximum Gasteiger partial charge on any atom is 0.169 e. The van der Waals surface area contributed by atoms with Gasteiger partial charge in [0.1, 0.15) is 0 Å². The molecule has 96 valence electrons. The largest absolute Gasteiger partial charge is 0.389 e. The average molecular weight is 231 g/mol. The fourth-order valence-electron chi connectivity index (χ4n) is 2.17. The zero-order valence-electron chi connectivity index (χ0n) is 10.5. The summed E-state index contributed by atoms with van der Waals surface area (Å²) in [6.45, 7) is 6.49. The predicted molar refractivity (Wildman–Crippen MR) is 63.3 cm³/mol. The highest BCUT2D eigenvalue weighted by atomic mass is 16.7. The first-order chi connectivity index (χ1) is 7.70. The van der Waals surface area contributed by atoms with E-state index in [1.165, 1.54) is 0 Å². The third-order valence-electron chi connectivity index (χ3n) is 3.00. The Kier molecular flexibility index (Phi) is 6.28. The molecule has 0 radical (unpaired) electrons. The Labute approximate surface area is 98.3 Å². The molecule has 0 bridgehead atoms. The first-order valence-corrected chi connectivity index (χ1v) is 6.36. The molecule has 4 nitrogen and oxygen atoms in total. The first-order valence-electron chi connectivity index (χ1n) is 6.36. The molecule has 1 aliphatic rings. The SMILES string of the molecule is CCOC(CNCC1(O)CCCC1)OCC. The van der Waals surface area contributed by atoms with Crippen LogP contribution >= 0.6 is 0 Å². The van der Waals surface area contributed by atoms with Gasteiger partial charge in [0.25, 0.3) is 0 Å². The predicted octanol–water partition coefficient (Wildman–Crippen LogP) is 1.28. The smallest absolute Gasteiger partial charge is 0.169 e. The summed E-state index contributed by atoms with van der Waals surface area (Å²) in [5, 5.41) is 13.4. The third-order valence-corrected chi connectivity index (χ3v) is 3.00. The van der Waals surface area contributed by atoms with Crippen LogP contribution in [0.2, 0.25) is 0 Å². The molecule has 1 rings (SSSR count). The zero-order valence-corrected chi connectivity index (χ0v) is 10.5. The molecule has 2 N–H and O–H groups in total. The van der Waals surface area contributed by atoms with E-state index < -0.39 is 5.60 Å². The Bertz CT molecular complexity index is 175. The number of nitrogens with one attached hydrogen (secondary N) is 1. The molecule has 4 heteroatoms. The maximum absolute atomic E-state index is 10.1. The maximum atomic E-state index is 10.1. The molecule has 0 atom stereocenters. The molecule has 0 saturated heterocycles. The van der Waals surface area contributed by atoms with Crippen molar-refractivity contribution in [1.82, 2.24) is 5.32 Å². The minimum Gasteiger partial charge on any atom is -0.389 e. The number of hydrogen-bond acceptors (Lipinski definition) is 4. The molecular weight excluding hydrogens is 206 g/mol. The molecule has 0 aromatic rings. The van der Waals surface area contributed by atoms with E-state index >= 15 is 0 Å². The minimum absolute atomic E-state index is 0.194. The third kappa shape index (κ3) is 4.78. The van der Waals surface area contributed by atoms with E-state index in [1.807, 2.05) is 13.8 Å². The molecule has 0 spiro atoms. The number of hydrogen-bond donors (Lipinski definition) is 2. The molecule has 0 unspecified atom stereocenters. The number of ether oxygens (including phenoxy) is 2. The fraction of sp³-hybridized carbons (Fsp3) is 1.00. The van der Waals surface area contributed by atoms with Crippen LogP contribution in [0.3, 0.4) is 0 Å². The van der Waals surface area contributed by atoms with E-state index in [0.29, 0.717) is 26.3 Å². The van der Waals surface area contributed by atoms with Crippen molar-refractivity contribution in [2.45, 2.75) is 51.4 Å². The van der Waals surface area contributed by atoms with Gasteiger partial charge in [0, 0.05) is 26.3 Å². The topological polar surface area (TPSA) is 50.7 Å².